The molecule has 0 bridgehead atoms. The molecule has 1 aliphatic rings. The molecule has 2 rings (SSSR count). The Morgan fingerprint density at radius 2 is 2.10 bits per heavy atom. The fourth-order valence-electron chi connectivity index (χ4n) is 2.05. The minimum atomic E-state index is -4.30. The first-order chi connectivity index (χ1) is 9.83. The standard InChI is InChI=1S/C12H13F2NO5S/c13-8-3-4-9(11(14)10(8)12(16)17)21(18,19)15-7-2-1-5-20-6-7/h3-4,7,15H,1-2,5-6H2,(H,16,17). The van der Waals surface area contributed by atoms with Crippen LogP contribution in [0.3, 0.4) is 0 Å². The van der Waals surface area contributed by atoms with E-state index in [1.54, 1.807) is 0 Å². The second-order valence-electron chi connectivity index (χ2n) is 4.58. The molecule has 0 amide bonds. The fraction of sp³-hybridized carbons (Fsp3) is 0.417. The largest absolute Gasteiger partial charge is 0.477 e. The lowest BCUT2D eigenvalue weighted by atomic mass is 10.1. The van der Waals surface area contributed by atoms with Crippen LogP contribution >= 0.6 is 0 Å². The molecule has 0 spiro atoms. The molecular formula is C12H13F2NO5S. The number of rotatable bonds is 4. The molecule has 0 radical (unpaired) electrons. The zero-order valence-corrected chi connectivity index (χ0v) is 11.6. The molecule has 1 unspecified atom stereocenters. The number of benzene rings is 1. The molecule has 1 aromatic carbocycles. The lowest BCUT2D eigenvalue weighted by molar-refractivity contribution is 0.0685. The van der Waals surface area contributed by atoms with Gasteiger partial charge in [0.2, 0.25) is 10.0 Å². The third kappa shape index (κ3) is 3.36. The number of carboxylic acids is 1. The Balaban J connectivity index is 2.36. The molecule has 9 heteroatoms. The fourth-order valence-corrected chi connectivity index (χ4v) is 3.39. The molecule has 0 aromatic heterocycles. The Labute approximate surface area is 119 Å². The van der Waals surface area contributed by atoms with E-state index in [9.17, 15) is 22.0 Å². The maximum Gasteiger partial charge on any atom is 0.341 e. The van der Waals surface area contributed by atoms with Gasteiger partial charge >= 0.3 is 5.97 Å². The monoisotopic (exact) mass is 321 g/mol. The molecule has 2 N–H and O–H groups in total. The molecule has 0 aliphatic carbocycles. The molecule has 1 fully saturated rings. The van der Waals surface area contributed by atoms with Gasteiger partial charge in [0.05, 0.1) is 6.61 Å². The second-order valence-corrected chi connectivity index (χ2v) is 6.26. The van der Waals surface area contributed by atoms with E-state index in [2.05, 4.69) is 4.72 Å². The third-order valence-corrected chi connectivity index (χ3v) is 4.58. The first kappa shape index (κ1) is 15.8. The minimum Gasteiger partial charge on any atom is -0.477 e. The number of aromatic carboxylic acids is 1. The van der Waals surface area contributed by atoms with Crippen molar-refractivity contribution in [2.75, 3.05) is 13.2 Å². The summed E-state index contributed by atoms with van der Waals surface area (Å²) in [5.41, 5.74) is -1.29. The lowest BCUT2D eigenvalue weighted by Crippen LogP contribution is -2.40. The molecule has 1 aliphatic heterocycles. The van der Waals surface area contributed by atoms with Crippen LogP contribution in [0.5, 0.6) is 0 Å². The molecule has 21 heavy (non-hydrogen) atoms. The van der Waals surface area contributed by atoms with Crippen molar-refractivity contribution in [1.82, 2.24) is 4.72 Å². The second kappa shape index (κ2) is 6.04. The van der Waals surface area contributed by atoms with Crippen LogP contribution in [0, 0.1) is 11.6 Å². The van der Waals surface area contributed by atoms with Gasteiger partial charge in [-0.05, 0) is 25.0 Å². The number of sulfonamides is 1. The average molecular weight is 321 g/mol. The number of halogens is 2. The summed E-state index contributed by atoms with van der Waals surface area (Å²) in [6, 6.07) is 0.781. The molecular weight excluding hydrogens is 308 g/mol. The van der Waals surface area contributed by atoms with E-state index in [4.69, 9.17) is 9.84 Å². The van der Waals surface area contributed by atoms with Crippen molar-refractivity contribution in [1.29, 1.82) is 0 Å². The number of carboxylic acid groups (broad SMARTS) is 1. The van der Waals surface area contributed by atoms with Crippen molar-refractivity contribution in [3.05, 3.63) is 29.3 Å². The first-order valence-corrected chi connectivity index (χ1v) is 7.62. The summed E-state index contributed by atoms with van der Waals surface area (Å²) in [5, 5.41) is 8.74. The molecule has 1 saturated heterocycles. The first-order valence-electron chi connectivity index (χ1n) is 6.14. The summed E-state index contributed by atoms with van der Waals surface area (Å²) in [4.78, 5) is 9.90. The van der Waals surface area contributed by atoms with Crippen LogP contribution in [0.1, 0.15) is 23.2 Å². The van der Waals surface area contributed by atoms with Crippen LogP contribution in [-0.4, -0.2) is 38.7 Å². The van der Waals surface area contributed by atoms with Crippen LogP contribution in [0.15, 0.2) is 17.0 Å². The van der Waals surface area contributed by atoms with Crippen molar-refractivity contribution < 1.29 is 31.8 Å². The van der Waals surface area contributed by atoms with E-state index < -0.39 is 44.1 Å². The zero-order valence-electron chi connectivity index (χ0n) is 10.8. The van der Waals surface area contributed by atoms with Crippen molar-refractivity contribution in [2.45, 2.75) is 23.8 Å². The highest BCUT2D eigenvalue weighted by Crippen LogP contribution is 2.22. The predicted molar refractivity (Wildman–Crippen MR) is 67.5 cm³/mol. The van der Waals surface area contributed by atoms with Crippen LogP contribution in [-0.2, 0) is 14.8 Å². The van der Waals surface area contributed by atoms with Crippen LogP contribution in [0.2, 0.25) is 0 Å². The van der Waals surface area contributed by atoms with Crippen LogP contribution < -0.4 is 4.72 Å². The number of hydrogen-bond donors (Lipinski definition) is 2. The summed E-state index contributed by atoms with van der Waals surface area (Å²) in [5.74, 6) is -4.82. The van der Waals surface area contributed by atoms with Gasteiger partial charge in [-0.25, -0.2) is 26.7 Å². The van der Waals surface area contributed by atoms with E-state index in [0.717, 1.165) is 0 Å². The normalized spacial score (nSPS) is 19.4. The average Bonchev–Trinajstić information content (AvgIpc) is 2.38. The van der Waals surface area contributed by atoms with Gasteiger partial charge in [0.1, 0.15) is 16.3 Å². The quantitative estimate of drug-likeness (QED) is 0.867. The van der Waals surface area contributed by atoms with Gasteiger partial charge in [-0.15, -0.1) is 0 Å². The number of carbonyl (C=O) groups is 1. The molecule has 116 valence electrons. The lowest BCUT2D eigenvalue weighted by Gasteiger charge is -2.23. The highest BCUT2D eigenvalue weighted by molar-refractivity contribution is 7.89. The number of nitrogens with one attached hydrogen (secondary N) is 1. The highest BCUT2D eigenvalue weighted by atomic mass is 32.2. The summed E-state index contributed by atoms with van der Waals surface area (Å²) in [7, 11) is -4.30. The smallest absolute Gasteiger partial charge is 0.341 e. The Morgan fingerprint density at radius 1 is 1.38 bits per heavy atom. The van der Waals surface area contributed by atoms with Crippen molar-refractivity contribution >= 4 is 16.0 Å². The third-order valence-electron chi connectivity index (χ3n) is 3.04. The topological polar surface area (TPSA) is 92.7 Å². The van der Waals surface area contributed by atoms with E-state index in [1.165, 1.54) is 0 Å². The van der Waals surface area contributed by atoms with E-state index in [-0.39, 0.29) is 6.61 Å². The van der Waals surface area contributed by atoms with Gasteiger partial charge in [0, 0.05) is 12.6 Å². The molecule has 1 heterocycles. The maximum absolute atomic E-state index is 14.0. The summed E-state index contributed by atoms with van der Waals surface area (Å²) < 4.78 is 58.7. The van der Waals surface area contributed by atoms with Gasteiger partial charge in [-0.3, -0.25) is 0 Å². The van der Waals surface area contributed by atoms with E-state index in [0.29, 0.717) is 31.6 Å². The number of ether oxygens (including phenoxy) is 1. The summed E-state index contributed by atoms with van der Waals surface area (Å²) >= 11 is 0. The molecule has 0 saturated carbocycles. The Hall–Kier alpha value is -1.58. The Kier molecular flexibility index (Phi) is 4.55. The SMILES string of the molecule is O=C(O)c1c(F)ccc(S(=O)(=O)NC2CCCOC2)c1F. The predicted octanol–water partition coefficient (Wildman–Crippen LogP) is 1.12. The number of hydrogen-bond acceptors (Lipinski definition) is 4. The summed E-state index contributed by atoms with van der Waals surface area (Å²) in [6.45, 7) is 0.667. The van der Waals surface area contributed by atoms with Gasteiger partial charge < -0.3 is 9.84 Å². The van der Waals surface area contributed by atoms with E-state index in [1.807, 2.05) is 0 Å². The van der Waals surface area contributed by atoms with Gasteiger partial charge in [0.25, 0.3) is 0 Å². The summed E-state index contributed by atoms with van der Waals surface area (Å²) in [6.07, 6.45) is 1.17. The van der Waals surface area contributed by atoms with Crippen molar-refractivity contribution in [2.24, 2.45) is 0 Å². The maximum atomic E-state index is 14.0. The zero-order chi connectivity index (χ0) is 15.6. The van der Waals surface area contributed by atoms with Crippen molar-refractivity contribution in [3.63, 3.8) is 0 Å². The van der Waals surface area contributed by atoms with Crippen molar-refractivity contribution in [3.8, 4) is 0 Å². The van der Waals surface area contributed by atoms with Gasteiger partial charge in [-0.1, -0.05) is 0 Å². The van der Waals surface area contributed by atoms with Crippen LogP contribution in [0.4, 0.5) is 8.78 Å². The molecule has 1 atom stereocenters. The molecule has 1 aromatic rings. The van der Waals surface area contributed by atoms with Crippen LogP contribution in [0.25, 0.3) is 0 Å². The Morgan fingerprint density at radius 3 is 2.67 bits per heavy atom. The molecule has 6 nitrogen and oxygen atoms in total. The Bertz CT molecular complexity index is 656. The minimum absolute atomic E-state index is 0.147. The highest BCUT2D eigenvalue weighted by Gasteiger charge is 2.29. The van der Waals surface area contributed by atoms with Gasteiger partial charge in [0.15, 0.2) is 5.82 Å². The van der Waals surface area contributed by atoms with E-state index >= 15 is 0 Å². The van der Waals surface area contributed by atoms with Gasteiger partial charge in [-0.2, -0.15) is 0 Å².